The van der Waals surface area contributed by atoms with E-state index in [1.807, 2.05) is 19.9 Å². The third-order valence-electron chi connectivity index (χ3n) is 10.8. The summed E-state index contributed by atoms with van der Waals surface area (Å²) in [5, 5.41) is 11.8. The summed E-state index contributed by atoms with van der Waals surface area (Å²) in [6.45, 7) is 5.42. The summed E-state index contributed by atoms with van der Waals surface area (Å²) in [5.74, 6) is -0.776. The third kappa shape index (κ3) is 4.31. The van der Waals surface area contributed by atoms with E-state index in [1.54, 1.807) is 24.3 Å². The highest BCUT2D eigenvalue weighted by atomic mass is 16.7. The number of aliphatic hydroxyl groups is 1. The van der Waals surface area contributed by atoms with Gasteiger partial charge in [-0.3, -0.25) is 14.4 Å². The van der Waals surface area contributed by atoms with E-state index in [-0.39, 0.29) is 48.7 Å². The summed E-state index contributed by atoms with van der Waals surface area (Å²) in [7, 11) is 0. The second-order valence-corrected chi connectivity index (χ2v) is 12.9. The van der Waals surface area contributed by atoms with Crippen LogP contribution in [0.1, 0.15) is 76.1 Å². The van der Waals surface area contributed by atoms with Gasteiger partial charge in [0.1, 0.15) is 0 Å². The van der Waals surface area contributed by atoms with E-state index in [2.05, 4.69) is 6.92 Å². The van der Waals surface area contributed by atoms with E-state index < -0.39 is 46.9 Å². The molecule has 0 radical (unpaired) electrons. The molecule has 3 saturated carbocycles. The number of hydrogen-bond acceptors (Lipinski definition) is 9. The molecule has 1 aromatic carbocycles. The molecule has 0 aromatic heterocycles. The van der Waals surface area contributed by atoms with Gasteiger partial charge >= 0.3 is 11.9 Å². The van der Waals surface area contributed by atoms with Gasteiger partial charge in [-0.2, -0.15) is 0 Å². The zero-order valence-corrected chi connectivity index (χ0v) is 24.4. The molecule has 1 N–H and O–H groups in total. The van der Waals surface area contributed by atoms with Crippen LogP contribution in [-0.2, 0) is 23.9 Å². The highest BCUT2D eigenvalue weighted by Crippen LogP contribution is 2.68. The Bertz CT molecular complexity index is 1390. The number of carbonyl (C=O) groups is 4. The van der Waals surface area contributed by atoms with Gasteiger partial charge in [-0.15, -0.1) is 0 Å². The first kappa shape index (κ1) is 28.6. The lowest BCUT2D eigenvalue weighted by molar-refractivity contribution is -0.200. The summed E-state index contributed by atoms with van der Waals surface area (Å²) >= 11 is 0. The second-order valence-electron chi connectivity index (χ2n) is 12.9. The van der Waals surface area contributed by atoms with Crippen molar-refractivity contribution < 1.29 is 43.2 Å². The smallest absolute Gasteiger partial charge is 0.338 e. The van der Waals surface area contributed by atoms with Crippen LogP contribution in [0.2, 0.25) is 0 Å². The van der Waals surface area contributed by atoms with Crippen LogP contribution in [-0.4, -0.2) is 53.7 Å². The normalized spacial score (nSPS) is 35.9. The van der Waals surface area contributed by atoms with Gasteiger partial charge in [0, 0.05) is 23.2 Å². The largest absolute Gasteiger partial charge is 0.454 e. The van der Waals surface area contributed by atoms with Crippen LogP contribution < -0.4 is 9.47 Å². The van der Waals surface area contributed by atoms with Crippen LogP contribution >= 0.6 is 0 Å². The van der Waals surface area contributed by atoms with Crippen LogP contribution in [0.5, 0.6) is 11.5 Å². The number of fused-ring (bicyclic) bond motifs is 6. The molecule has 1 aromatic rings. The molecule has 0 bridgehead atoms. The zero-order chi connectivity index (χ0) is 29.9. The molecular formula is C33H38O9. The molecule has 3 fully saturated rings. The summed E-state index contributed by atoms with van der Waals surface area (Å²) in [4.78, 5) is 52.2. The Morgan fingerprint density at radius 1 is 1.12 bits per heavy atom. The van der Waals surface area contributed by atoms with Crippen molar-refractivity contribution in [3.05, 3.63) is 47.6 Å². The van der Waals surface area contributed by atoms with Crippen molar-refractivity contribution in [1.82, 2.24) is 0 Å². The monoisotopic (exact) mass is 578 g/mol. The Balaban J connectivity index is 1.28. The third-order valence-corrected chi connectivity index (χ3v) is 10.8. The van der Waals surface area contributed by atoms with Gasteiger partial charge in [0.25, 0.3) is 0 Å². The number of ether oxygens (including phenoxy) is 4. The molecule has 0 amide bonds. The van der Waals surface area contributed by atoms with Crippen molar-refractivity contribution in [3.8, 4) is 11.5 Å². The maximum absolute atomic E-state index is 14.1. The Hall–Kier alpha value is -3.46. The number of carbonyl (C=O) groups excluding carboxylic acids is 4. The lowest BCUT2D eigenvalue weighted by Gasteiger charge is -2.59. The van der Waals surface area contributed by atoms with Crippen LogP contribution in [0.25, 0.3) is 0 Å². The van der Waals surface area contributed by atoms with Crippen molar-refractivity contribution in [1.29, 1.82) is 0 Å². The van der Waals surface area contributed by atoms with Gasteiger partial charge in [-0.1, -0.05) is 32.4 Å². The van der Waals surface area contributed by atoms with Crippen LogP contribution in [0.4, 0.5) is 0 Å². The Kier molecular flexibility index (Phi) is 7.07. The minimum Gasteiger partial charge on any atom is -0.454 e. The molecule has 0 saturated heterocycles. The number of Topliss-reactive ketones (excluding diaryl/α,β-unsaturated/α-hetero) is 1. The van der Waals surface area contributed by atoms with Crippen molar-refractivity contribution in [2.45, 2.75) is 77.4 Å². The van der Waals surface area contributed by atoms with Gasteiger partial charge in [-0.05, 0) is 80.7 Å². The van der Waals surface area contributed by atoms with E-state index in [0.717, 1.165) is 18.4 Å². The first-order valence-corrected chi connectivity index (χ1v) is 15.0. The van der Waals surface area contributed by atoms with Crippen LogP contribution in [0.3, 0.4) is 0 Å². The summed E-state index contributed by atoms with van der Waals surface area (Å²) in [5.41, 5.74) is -1.57. The number of hydrogen-bond donors (Lipinski definition) is 1. The fourth-order valence-electron chi connectivity index (χ4n) is 8.80. The molecule has 9 nitrogen and oxygen atoms in total. The van der Waals surface area contributed by atoms with Crippen molar-refractivity contribution in [2.75, 3.05) is 13.4 Å². The average molecular weight is 579 g/mol. The Labute approximate surface area is 245 Å². The Morgan fingerprint density at radius 2 is 1.90 bits per heavy atom. The first-order chi connectivity index (χ1) is 20.0. The van der Waals surface area contributed by atoms with Crippen molar-refractivity contribution >= 4 is 23.5 Å². The van der Waals surface area contributed by atoms with E-state index in [4.69, 9.17) is 18.9 Å². The topological polar surface area (TPSA) is 125 Å². The summed E-state index contributed by atoms with van der Waals surface area (Å²) < 4.78 is 22.3. The molecule has 1 unspecified atom stereocenters. The van der Waals surface area contributed by atoms with E-state index >= 15 is 0 Å². The van der Waals surface area contributed by atoms with Gasteiger partial charge in [0.05, 0.1) is 11.7 Å². The molecule has 224 valence electrons. The lowest BCUT2D eigenvalue weighted by Crippen LogP contribution is -2.63. The number of esters is 2. The highest BCUT2D eigenvalue weighted by molar-refractivity contribution is 6.01. The van der Waals surface area contributed by atoms with Gasteiger partial charge < -0.3 is 24.1 Å². The predicted octanol–water partition coefficient (Wildman–Crippen LogP) is 4.50. The average Bonchev–Trinajstić information content (AvgIpc) is 3.54. The van der Waals surface area contributed by atoms with Crippen molar-refractivity contribution in [3.63, 3.8) is 0 Å². The van der Waals surface area contributed by atoms with Gasteiger partial charge in [-0.25, -0.2) is 4.79 Å². The molecule has 5 aliphatic rings. The van der Waals surface area contributed by atoms with Crippen molar-refractivity contribution in [2.24, 2.45) is 28.6 Å². The van der Waals surface area contributed by atoms with Crippen LogP contribution in [0.15, 0.2) is 42.0 Å². The number of rotatable bonds is 7. The minimum atomic E-state index is -1.53. The standard InChI is InChI=1S/C33H38O9/c1-4-5-28(37)42-33(27(36)17-39-30(38)19-6-9-25-26(14-19)41-18-40-25)13-11-23-22-8-7-20-15-21(34)10-12-31(20,2)29(22)24(35)16-32(23,33)3/h6,9-10,12,14-15,22-24,29,35H,4-5,7-8,11,13,16-18H2,1-3H3/t22-,23-,24?,29+,31-,32-,33-/m0/s1. The Morgan fingerprint density at radius 3 is 2.69 bits per heavy atom. The predicted molar refractivity (Wildman–Crippen MR) is 150 cm³/mol. The SMILES string of the molecule is CCCC(=O)O[C@]1(C(=O)COC(=O)c2ccc3c(c2)OCO3)CC[C@H]2[C@@H]3CCC4=CC(=O)C=C[C@]4(C)[C@H]3C(O)C[C@@]21C. The summed E-state index contributed by atoms with van der Waals surface area (Å²) in [6, 6.07) is 4.66. The molecule has 1 aliphatic heterocycles. The van der Waals surface area contributed by atoms with Crippen LogP contribution in [0, 0.1) is 28.6 Å². The van der Waals surface area contributed by atoms with E-state index in [0.29, 0.717) is 30.8 Å². The number of aliphatic hydroxyl groups excluding tert-OH is 1. The molecule has 4 aliphatic carbocycles. The molecular weight excluding hydrogens is 540 g/mol. The number of allylic oxidation sites excluding steroid dienone is 4. The quantitative estimate of drug-likeness (QED) is 0.466. The number of benzene rings is 1. The maximum Gasteiger partial charge on any atom is 0.338 e. The fourth-order valence-corrected chi connectivity index (χ4v) is 8.80. The first-order valence-electron chi connectivity index (χ1n) is 15.0. The molecule has 42 heavy (non-hydrogen) atoms. The highest BCUT2D eigenvalue weighted by Gasteiger charge is 2.70. The van der Waals surface area contributed by atoms with E-state index in [9.17, 15) is 24.3 Å². The minimum absolute atomic E-state index is 0.00163. The number of ketones is 2. The van der Waals surface area contributed by atoms with Gasteiger partial charge in [0.2, 0.25) is 12.6 Å². The zero-order valence-electron chi connectivity index (χ0n) is 24.4. The van der Waals surface area contributed by atoms with Gasteiger partial charge in [0.15, 0.2) is 29.5 Å². The molecule has 6 rings (SSSR count). The summed E-state index contributed by atoms with van der Waals surface area (Å²) in [6.07, 6.45) is 7.89. The molecule has 7 atom stereocenters. The van der Waals surface area contributed by atoms with E-state index in [1.165, 1.54) is 6.07 Å². The second kappa shape index (κ2) is 10.4. The lowest BCUT2D eigenvalue weighted by atomic mass is 9.46. The molecule has 0 spiro atoms. The molecule has 1 heterocycles. The maximum atomic E-state index is 14.1. The fraction of sp³-hybridized carbons (Fsp3) is 0.576. The molecule has 9 heteroatoms.